The normalized spacial score (nSPS) is 10.4. The lowest BCUT2D eigenvalue weighted by molar-refractivity contribution is 0.417. The van der Waals surface area contributed by atoms with Gasteiger partial charge in [0.15, 0.2) is 5.82 Å². The predicted molar refractivity (Wildman–Crippen MR) is 100 cm³/mol. The smallest absolute Gasteiger partial charge is 0.249 e. The third-order valence-electron chi connectivity index (χ3n) is 3.63. The Bertz CT molecular complexity index is 872. The molecule has 7 heteroatoms. The number of methoxy groups -OCH3 is 1. The van der Waals surface area contributed by atoms with Crippen LogP contribution in [0.1, 0.15) is 12.5 Å². The van der Waals surface area contributed by atoms with E-state index in [2.05, 4.69) is 38.8 Å². The molecule has 0 aliphatic carbocycles. The van der Waals surface area contributed by atoms with Crippen LogP contribution in [-0.4, -0.2) is 22.3 Å². The summed E-state index contributed by atoms with van der Waals surface area (Å²) in [5.74, 6) is 1.60. The minimum atomic E-state index is 0.409. The van der Waals surface area contributed by atoms with E-state index >= 15 is 0 Å². The molecular formula is C18H18ClN5O. The number of aromatic nitrogens is 3. The molecule has 2 N–H and O–H groups in total. The van der Waals surface area contributed by atoms with Crippen LogP contribution >= 0.6 is 11.6 Å². The van der Waals surface area contributed by atoms with Crippen LogP contribution in [0.15, 0.2) is 48.7 Å². The van der Waals surface area contributed by atoms with E-state index in [9.17, 15) is 0 Å². The van der Waals surface area contributed by atoms with E-state index in [0.29, 0.717) is 28.2 Å². The molecule has 0 fully saturated rings. The van der Waals surface area contributed by atoms with E-state index in [1.165, 1.54) is 11.8 Å². The molecule has 0 unspecified atom stereocenters. The van der Waals surface area contributed by atoms with Crippen LogP contribution in [-0.2, 0) is 6.42 Å². The fourth-order valence-corrected chi connectivity index (χ4v) is 2.58. The second-order valence-corrected chi connectivity index (χ2v) is 5.71. The Morgan fingerprint density at radius 1 is 1.08 bits per heavy atom. The molecule has 0 amide bonds. The summed E-state index contributed by atoms with van der Waals surface area (Å²) in [7, 11) is 1.60. The number of benzene rings is 2. The topological polar surface area (TPSA) is 72.0 Å². The van der Waals surface area contributed by atoms with Crippen molar-refractivity contribution >= 4 is 34.7 Å². The van der Waals surface area contributed by atoms with Gasteiger partial charge in [0.2, 0.25) is 5.95 Å². The molecule has 6 nitrogen and oxygen atoms in total. The molecular weight excluding hydrogens is 338 g/mol. The first kappa shape index (κ1) is 17.0. The Morgan fingerprint density at radius 3 is 2.72 bits per heavy atom. The fourth-order valence-electron chi connectivity index (χ4n) is 2.40. The molecule has 0 spiro atoms. The van der Waals surface area contributed by atoms with E-state index in [1.54, 1.807) is 25.3 Å². The SMILES string of the molecule is CCc1ccccc1Nc1nncc(Nc2cc(Cl)ccc2OC)n1. The van der Waals surface area contributed by atoms with Gasteiger partial charge < -0.3 is 15.4 Å². The summed E-state index contributed by atoms with van der Waals surface area (Å²) < 4.78 is 5.33. The molecule has 0 bridgehead atoms. The second kappa shape index (κ2) is 7.81. The predicted octanol–water partition coefficient (Wildman–Crippen LogP) is 4.58. The maximum absolute atomic E-state index is 6.06. The fraction of sp³-hybridized carbons (Fsp3) is 0.167. The summed E-state index contributed by atoms with van der Waals surface area (Å²) >= 11 is 6.06. The van der Waals surface area contributed by atoms with Gasteiger partial charge in [-0.25, -0.2) is 0 Å². The average Bonchev–Trinajstić information content (AvgIpc) is 2.63. The highest BCUT2D eigenvalue weighted by atomic mass is 35.5. The molecule has 1 aromatic heterocycles. The maximum Gasteiger partial charge on any atom is 0.249 e. The number of halogens is 1. The molecule has 25 heavy (non-hydrogen) atoms. The Hall–Kier alpha value is -2.86. The quantitative estimate of drug-likeness (QED) is 0.674. The van der Waals surface area contributed by atoms with E-state index in [0.717, 1.165) is 12.1 Å². The van der Waals surface area contributed by atoms with Gasteiger partial charge in [0, 0.05) is 10.7 Å². The highest BCUT2D eigenvalue weighted by Crippen LogP contribution is 2.30. The van der Waals surface area contributed by atoms with Gasteiger partial charge in [-0.1, -0.05) is 36.7 Å². The maximum atomic E-state index is 6.06. The van der Waals surface area contributed by atoms with Crippen LogP contribution in [0, 0.1) is 0 Å². The first-order valence-corrected chi connectivity index (χ1v) is 8.22. The lowest BCUT2D eigenvalue weighted by Crippen LogP contribution is -2.04. The summed E-state index contributed by atoms with van der Waals surface area (Å²) in [5.41, 5.74) is 2.85. The number of ether oxygens (including phenoxy) is 1. The highest BCUT2D eigenvalue weighted by molar-refractivity contribution is 6.31. The molecule has 3 aromatic rings. The van der Waals surface area contributed by atoms with Crippen LogP contribution < -0.4 is 15.4 Å². The number of aryl methyl sites for hydroxylation is 1. The van der Waals surface area contributed by atoms with Crippen molar-refractivity contribution in [3.8, 4) is 5.75 Å². The number of rotatable bonds is 6. The number of nitrogens with one attached hydrogen (secondary N) is 2. The van der Waals surface area contributed by atoms with Crippen LogP contribution in [0.3, 0.4) is 0 Å². The first-order chi connectivity index (χ1) is 12.2. The van der Waals surface area contributed by atoms with Gasteiger partial charge in [0.25, 0.3) is 0 Å². The van der Waals surface area contributed by atoms with Gasteiger partial charge in [-0.2, -0.15) is 10.1 Å². The van der Waals surface area contributed by atoms with Crippen molar-refractivity contribution in [3.05, 3.63) is 59.2 Å². The second-order valence-electron chi connectivity index (χ2n) is 5.27. The number of anilines is 4. The number of hydrogen-bond donors (Lipinski definition) is 2. The molecule has 0 saturated carbocycles. The van der Waals surface area contributed by atoms with Crippen molar-refractivity contribution in [3.63, 3.8) is 0 Å². The minimum Gasteiger partial charge on any atom is -0.495 e. The summed E-state index contributed by atoms with van der Waals surface area (Å²) in [4.78, 5) is 4.45. The van der Waals surface area contributed by atoms with Crippen molar-refractivity contribution in [2.75, 3.05) is 17.7 Å². The van der Waals surface area contributed by atoms with Crippen LogP contribution in [0.4, 0.5) is 23.1 Å². The van der Waals surface area contributed by atoms with Crippen LogP contribution in [0.2, 0.25) is 5.02 Å². The molecule has 128 valence electrons. The summed E-state index contributed by atoms with van der Waals surface area (Å²) in [6.45, 7) is 2.10. The van der Waals surface area contributed by atoms with Gasteiger partial charge in [-0.3, -0.25) is 0 Å². The van der Waals surface area contributed by atoms with Crippen molar-refractivity contribution < 1.29 is 4.74 Å². The Labute approximate surface area is 151 Å². The van der Waals surface area contributed by atoms with Gasteiger partial charge >= 0.3 is 0 Å². The van der Waals surface area contributed by atoms with E-state index in [4.69, 9.17) is 16.3 Å². The molecule has 0 radical (unpaired) electrons. The molecule has 1 heterocycles. The van der Waals surface area contributed by atoms with Gasteiger partial charge in [-0.05, 0) is 36.2 Å². The number of nitrogens with zero attached hydrogens (tertiary/aromatic N) is 3. The molecule has 0 aliphatic heterocycles. The Balaban J connectivity index is 1.84. The van der Waals surface area contributed by atoms with E-state index < -0.39 is 0 Å². The zero-order valence-electron chi connectivity index (χ0n) is 14.0. The monoisotopic (exact) mass is 355 g/mol. The lowest BCUT2D eigenvalue weighted by Gasteiger charge is -2.12. The molecule has 0 aliphatic rings. The van der Waals surface area contributed by atoms with Crippen molar-refractivity contribution in [2.45, 2.75) is 13.3 Å². The van der Waals surface area contributed by atoms with Crippen molar-refractivity contribution in [1.29, 1.82) is 0 Å². The zero-order valence-corrected chi connectivity index (χ0v) is 14.7. The molecule has 0 atom stereocenters. The standard InChI is InChI=1S/C18H18ClN5O/c1-3-12-6-4-5-7-14(12)22-18-23-17(11-20-24-18)21-15-10-13(19)8-9-16(15)25-2/h4-11H,3H2,1-2H3,(H2,21,22,23,24). The van der Waals surface area contributed by atoms with Gasteiger partial charge in [0.1, 0.15) is 5.75 Å². The average molecular weight is 356 g/mol. The van der Waals surface area contributed by atoms with Crippen molar-refractivity contribution in [2.24, 2.45) is 0 Å². The molecule has 3 rings (SSSR count). The highest BCUT2D eigenvalue weighted by Gasteiger charge is 2.08. The molecule has 0 saturated heterocycles. The van der Waals surface area contributed by atoms with E-state index in [1.807, 2.05) is 18.2 Å². The summed E-state index contributed by atoms with van der Waals surface area (Å²) in [6.07, 6.45) is 2.45. The van der Waals surface area contributed by atoms with Gasteiger partial charge in [0.05, 0.1) is 19.0 Å². The zero-order chi connectivity index (χ0) is 17.6. The van der Waals surface area contributed by atoms with Crippen molar-refractivity contribution in [1.82, 2.24) is 15.2 Å². The largest absolute Gasteiger partial charge is 0.495 e. The third-order valence-corrected chi connectivity index (χ3v) is 3.86. The van der Waals surface area contributed by atoms with Crippen LogP contribution in [0.25, 0.3) is 0 Å². The van der Waals surface area contributed by atoms with Crippen LogP contribution in [0.5, 0.6) is 5.75 Å². The first-order valence-electron chi connectivity index (χ1n) is 7.85. The number of hydrogen-bond acceptors (Lipinski definition) is 6. The summed E-state index contributed by atoms with van der Waals surface area (Å²) in [6, 6.07) is 13.3. The molecule has 2 aromatic carbocycles. The third kappa shape index (κ3) is 4.16. The lowest BCUT2D eigenvalue weighted by atomic mass is 10.1. The summed E-state index contributed by atoms with van der Waals surface area (Å²) in [5, 5.41) is 15.0. The Kier molecular flexibility index (Phi) is 5.30. The number of para-hydroxylation sites is 1. The van der Waals surface area contributed by atoms with Gasteiger partial charge in [-0.15, -0.1) is 5.10 Å². The minimum absolute atomic E-state index is 0.409. The Morgan fingerprint density at radius 2 is 1.92 bits per heavy atom. The van der Waals surface area contributed by atoms with E-state index in [-0.39, 0.29) is 0 Å².